The van der Waals surface area contributed by atoms with Gasteiger partial charge in [-0.25, -0.2) is 26.3 Å². The zero-order valence-corrected chi connectivity index (χ0v) is 22.3. The van der Waals surface area contributed by atoms with Crippen LogP contribution in [0.3, 0.4) is 0 Å². The molecule has 0 heterocycles. The zero-order chi connectivity index (χ0) is 28.7. The number of halogens is 6. The SMILES string of the molecule is CC1(CCCCCCCC#Cc2ccc(-c3cc(F)cc(F)c3)c(F)c2)C=C(F)C(c2cc(F)cc(F)c2)=CC1. The number of allylic oxidation sites excluding steroid dienone is 4. The first-order valence-electron chi connectivity index (χ1n) is 13.4. The van der Waals surface area contributed by atoms with Crippen LogP contribution in [-0.2, 0) is 0 Å². The highest BCUT2D eigenvalue weighted by Gasteiger charge is 2.27. The van der Waals surface area contributed by atoms with Gasteiger partial charge in [-0.05, 0) is 78.3 Å². The van der Waals surface area contributed by atoms with Gasteiger partial charge in [0.2, 0.25) is 0 Å². The predicted molar refractivity (Wildman–Crippen MR) is 147 cm³/mol. The van der Waals surface area contributed by atoms with Gasteiger partial charge in [0.1, 0.15) is 34.9 Å². The van der Waals surface area contributed by atoms with Crippen molar-refractivity contribution in [2.75, 3.05) is 0 Å². The fourth-order valence-electron chi connectivity index (χ4n) is 4.99. The van der Waals surface area contributed by atoms with E-state index in [0.717, 1.165) is 74.9 Å². The average Bonchev–Trinajstić information content (AvgIpc) is 2.86. The van der Waals surface area contributed by atoms with Crippen molar-refractivity contribution < 1.29 is 26.3 Å². The Bertz CT molecular complexity index is 1450. The molecule has 0 nitrogen and oxygen atoms in total. The molecule has 1 aliphatic carbocycles. The van der Waals surface area contributed by atoms with E-state index in [1.165, 1.54) is 12.1 Å². The van der Waals surface area contributed by atoms with E-state index in [1.807, 2.05) is 6.92 Å². The van der Waals surface area contributed by atoms with Crippen molar-refractivity contribution in [3.63, 3.8) is 0 Å². The second kappa shape index (κ2) is 13.1. The highest BCUT2D eigenvalue weighted by Crippen LogP contribution is 2.41. The number of unbranched alkanes of at least 4 members (excludes halogenated alkanes) is 5. The molecule has 0 bridgehead atoms. The van der Waals surface area contributed by atoms with Gasteiger partial charge in [0.25, 0.3) is 0 Å². The van der Waals surface area contributed by atoms with Crippen LogP contribution >= 0.6 is 0 Å². The van der Waals surface area contributed by atoms with Crippen molar-refractivity contribution in [1.82, 2.24) is 0 Å². The minimum absolute atomic E-state index is 0.114. The molecule has 0 N–H and O–H groups in total. The van der Waals surface area contributed by atoms with Gasteiger partial charge in [0.05, 0.1) is 0 Å². The molecule has 0 aromatic heterocycles. The molecule has 40 heavy (non-hydrogen) atoms. The molecular weight excluding hydrogens is 522 g/mol. The molecule has 1 unspecified atom stereocenters. The third-order valence-electron chi connectivity index (χ3n) is 7.10. The fraction of sp³-hybridized carbons (Fsp3) is 0.294. The maximum absolute atomic E-state index is 14.8. The number of hydrogen-bond donors (Lipinski definition) is 0. The molecule has 6 heteroatoms. The average molecular weight is 553 g/mol. The molecule has 0 radical (unpaired) electrons. The molecule has 0 amide bonds. The molecule has 3 aromatic rings. The van der Waals surface area contributed by atoms with E-state index in [2.05, 4.69) is 11.8 Å². The maximum Gasteiger partial charge on any atom is 0.132 e. The number of benzene rings is 3. The number of rotatable bonds is 9. The lowest BCUT2D eigenvalue weighted by atomic mass is 9.76. The Labute approximate surface area is 231 Å². The van der Waals surface area contributed by atoms with E-state index >= 15 is 0 Å². The lowest BCUT2D eigenvalue weighted by Crippen LogP contribution is -2.16. The molecular formula is C34H30F6. The van der Waals surface area contributed by atoms with Crippen LogP contribution in [0.1, 0.15) is 69.4 Å². The van der Waals surface area contributed by atoms with E-state index in [0.29, 0.717) is 18.4 Å². The monoisotopic (exact) mass is 552 g/mol. The van der Waals surface area contributed by atoms with Crippen molar-refractivity contribution in [3.05, 3.63) is 113 Å². The summed E-state index contributed by atoms with van der Waals surface area (Å²) in [5, 5.41) is 0. The second-order valence-corrected chi connectivity index (χ2v) is 10.5. The van der Waals surface area contributed by atoms with E-state index in [1.54, 1.807) is 18.2 Å². The largest absolute Gasteiger partial charge is 0.207 e. The molecule has 0 fully saturated rings. The van der Waals surface area contributed by atoms with E-state index < -0.39 is 34.9 Å². The van der Waals surface area contributed by atoms with Gasteiger partial charge in [0.15, 0.2) is 0 Å². The minimum Gasteiger partial charge on any atom is -0.207 e. The van der Waals surface area contributed by atoms with E-state index in [9.17, 15) is 26.3 Å². The van der Waals surface area contributed by atoms with Gasteiger partial charge in [-0.3, -0.25) is 0 Å². The van der Waals surface area contributed by atoms with Crippen LogP contribution in [0.5, 0.6) is 0 Å². The van der Waals surface area contributed by atoms with E-state index in [-0.39, 0.29) is 27.7 Å². The quantitative estimate of drug-likeness (QED) is 0.141. The Morgan fingerprint density at radius 2 is 1.30 bits per heavy atom. The standard InChI is InChI=1S/C34H30F6/c1-34(14-12-31(33(40)22-34)25-18-28(37)21-29(38)19-25)13-8-6-4-2-3-5-7-9-23-10-11-30(32(39)15-23)24-16-26(35)20-27(36)17-24/h10-12,15-22H,2-6,8,13-14H2,1H3. The third kappa shape index (κ3) is 7.91. The first-order chi connectivity index (χ1) is 19.1. The number of hydrogen-bond acceptors (Lipinski definition) is 0. The molecule has 0 aliphatic heterocycles. The zero-order valence-electron chi connectivity index (χ0n) is 22.3. The predicted octanol–water partition coefficient (Wildman–Crippen LogP) is 10.5. The van der Waals surface area contributed by atoms with E-state index in [4.69, 9.17) is 0 Å². The minimum atomic E-state index is -0.764. The van der Waals surface area contributed by atoms with Gasteiger partial charge in [0, 0.05) is 35.3 Å². The van der Waals surface area contributed by atoms with Crippen molar-refractivity contribution in [2.45, 2.75) is 58.3 Å². The summed E-state index contributed by atoms with van der Waals surface area (Å²) in [5.74, 6) is 1.95. The van der Waals surface area contributed by atoms with Crippen LogP contribution in [0, 0.1) is 46.3 Å². The van der Waals surface area contributed by atoms with Crippen LogP contribution in [0.25, 0.3) is 16.7 Å². The Morgan fingerprint density at radius 1 is 0.700 bits per heavy atom. The first kappa shape index (κ1) is 29.3. The molecule has 0 spiro atoms. The third-order valence-corrected chi connectivity index (χ3v) is 7.10. The highest BCUT2D eigenvalue weighted by atomic mass is 19.2. The van der Waals surface area contributed by atoms with Crippen molar-refractivity contribution in [3.8, 4) is 23.0 Å². The highest BCUT2D eigenvalue weighted by molar-refractivity contribution is 5.78. The second-order valence-electron chi connectivity index (χ2n) is 10.5. The Kier molecular flexibility index (Phi) is 9.58. The maximum atomic E-state index is 14.8. The van der Waals surface area contributed by atoms with Gasteiger partial charge in [-0.15, -0.1) is 0 Å². The molecule has 4 rings (SSSR count). The molecule has 1 atom stereocenters. The van der Waals surface area contributed by atoms with Gasteiger partial charge < -0.3 is 0 Å². The summed E-state index contributed by atoms with van der Waals surface area (Å²) in [6, 6.07) is 10.3. The molecule has 1 aliphatic rings. The van der Waals surface area contributed by atoms with Crippen LogP contribution < -0.4 is 0 Å². The normalized spacial score (nSPS) is 16.7. The summed E-state index contributed by atoms with van der Waals surface area (Å²) in [6.07, 6.45) is 10.2. The summed E-state index contributed by atoms with van der Waals surface area (Å²) >= 11 is 0. The van der Waals surface area contributed by atoms with Crippen molar-refractivity contribution in [1.29, 1.82) is 0 Å². The fourth-order valence-corrected chi connectivity index (χ4v) is 4.99. The molecule has 208 valence electrons. The molecule has 0 saturated carbocycles. The van der Waals surface area contributed by atoms with Gasteiger partial charge in [-0.1, -0.05) is 56.6 Å². The van der Waals surface area contributed by atoms with Crippen LogP contribution in [-0.4, -0.2) is 0 Å². The summed E-state index contributed by atoms with van der Waals surface area (Å²) in [5.41, 5.74) is 0.853. The van der Waals surface area contributed by atoms with Gasteiger partial charge in [-0.2, -0.15) is 0 Å². The molecule has 3 aromatic carbocycles. The Morgan fingerprint density at radius 3 is 1.93 bits per heavy atom. The summed E-state index contributed by atoms with van der Waals surface area (Å²) in [6.45, 7) is 1.99. The smallest absolute Gasteiger partial charge is 0.132 e. The topological polar surface area (TPSA) is 0 Å². The van der Waals surface area contributed by atoms with Crippen LogP contribution in [0.15, 0.2) is 72.6 Å². The van der Waals surface area contributed by atoms with Crippen molar-refractivity contribution in [2.24, 2.45) is 5.41 Å². The van der Waals surface area contributed by atoms with Crippen LogP contribution in [0.2, 0.25) is 0 Å². The lowest BCUT2D eigenvalue weighted by Gasteiger charge is -2.29. The summed E-state index contributed by atoms with van der Waals surface area (Å²) in [7, 11) is 0. The van der Waals surface area contributed by atoms with Crippen molar-refractivity contribution >= 4 is 5.57 Å². The lowest BCUT2D eigenvalue weighted by molar-refractivity contribution is 0.362. The molecule has 0 saturated heterocycles. The Hall–Kier alpha value is -3.72. The van der Waals surface area contributed by atoms with Crippen LogP contribution in [0.4, 0.5) is 26.3 Å². The summed E-state index contributed by atoms with van der Waals surface area (Å²) < 4.78 is 83.2. The first-order valence-corrected chi connectivity index (χ1v) is 13.4. The summed E-state index contributed by atoms with van der Waals surface area (Å²) in [4.78, 5) is 0. The Balaban J connectivity index is 1.17. The van der Waals surface area contributed by atoms with Gasteiger partial charge >= 0.3 is 0 Å².